The molecule has 2 aromatic heterocycles. The van der Waals surface area contributed by atoms with Crippen LogP contribution in [0.15, 0.2) is 36.5 Å². The Bertz CT molecular complexity index is 1440. The van der Waals surface area contributed by atoms with Gasteiger partial charge in [-0.15, -0.1) is 11.3 Å². The van der Waals surface area contributed by atoms with Crippen LogP contribution < -0.4 is 9.80 Å². The van der Waals surface area contributed by atoms with Gasteiger partial charge in [0.15, 0.2) is 5.01 Å². The van der Waals surface area contributed by atoms with Crippen molar-refractivity contribution in [3.05, 3.63) is 68.5 Å². The van der Waals surface area contributed by atoms with E-state index < -0.39 is 11.4 Å². The number of pyridine rings is 1. The van der Waals surface area contributed by atoms with E-state index in [4.69, 9.17) is 21.3 Å². The van der Waals surface area contributed by atoms with Gasteiger partial charge >= 0.3 is 5.97 Å². The molecule has 5 rings (SSSR count). The van der Waals surface area contributed by atoms with Crippen molar-refractivity contribution in [1.29, 1.82) is 0 Å². The van der Waals surface area contributed by atoms with Crippen molar-refractivity contribution in [1.82, 2.24) is 14.9 Å². The van der Waals surface area contributed by atoms with E-state index in [1.807, 2.05) is 23.1 Å². The SMILES string of the molecule is COC(=O)Cc1ccc(N2CCN(C(=O)c3nc4c(s3)CN(c3ccc(Cl)c(F)c3)CC4(C)C)C(C)(C)C2)nc1. The van der Waals surface area contributed by atoms with Gasteiger partial charge in [0.25, 0.3) is 5.91 Å². The van der Waals surface area contributed by atoms with Crippen molar-refractivity contribution in [3.63, 3.8) is 0 Å². The highest BCUT2D eigenvalue weighted by Gasteiger charge is 2.41. The molecule has 1 aromatic carbocycles. The topological polar surface area (TPSA) is 78.9 Å². The molecule has 0 radical (unpaired) electrons. The fourth-order valence-electron chi connectivity index (χ4n) is 5.51. The van der Waals surface area contributed by atoms with Crippen LogP contribution in [0.25, 0.3) is 0 Å². The van der Waals surface area contributed by atoms with Gasteiger partial charge in [-0.2, -0.15) is 0 Å². The molecule has 1 saturated heterocycles. The number of carbonyl (C=O) groups is 2. The van der Waals surface area contributed by atoms with Gasteiger partial charge in [-0.25, -0.2) is 14.4 Å². The Morgan fingerprint density at radius 2 is 1.88 bits per heavy atom. The summed E-state index contributed by atoms with van der Waals surface area (Å²) >= 11 is 7.32. The third kappa shape index (κ3) is 5.51. The zero-order valence-corrected chi connectivity index (χ0v) is 24.9. The summed E-state index contributed by atoms with van der Waals surface area (Å²) in [7, 11) is 1.37. The maximum absolute atomic E-state index is 14.2. The van der Waals surface area contributed by atoms with Crippen LogP contribution >= 0.6 is 22.9 Å². The molecule has 1 fully saturated rings. The van der Waals surface area contributed by atoms with E-state index in [0.29, 0.717) is 37.7 Å². The number of fused-ring (bicyclic) bond motifs is 1. The molecule has 2 aliphatic heterocycles. The Morgan fingerprint density at radius 3 is 2.52 bits per heavy atom. The molecule has 212 valence electrons. The standard InChI is InChI=1S/C29H33ClFN5O3S/c1-28(2)16-35(19-7-8-20(30)21(31)13-19)15-22-25(28)33-26(40-22)27(38)36-11-10-34(17-29(36,3)4)23-9-6-18(14-32-23)12-24(37)39-5/h6-9,13-14H,10-12,15-17H2,1-5H3. The van der Waals surface area contributed by atoms with E-state index in [-0.39, 0.29) is 28.7 Å². The number of amides is 1. The van der Waals surface area contributed by atoms with Crippen LogP contribution in [0.2, 0.25) is 5.02 Å². The second-order valence-electron chi connectivity index (χ2n) is 11.6. The van der Waals surface area contributed by atoms with E-state index in [1.54, 1.807) is 12.3 Å². The summed E-state index contributed by atoms with van der Waals surface area (Å²) in [5.41, 5.74) is 1.69. The third-order valence-electron chi connectivity index (χ3n) is 7.57. The van der Waals surface area contributed by atoms with Gasteiger partial charge in [0, 0.05) is 48.4 Å². The van der Waals surface area contributed by atoms with Crippen LogP contribution in [0.1, 0.15) is 53.6 Å². The highest BCUT2D eigenvalue weighted by atomic mass is 35.5. The molecule has 1 amide bonds. The van der Waals surface area contributed by atoms with Gasteiger partial charge in [0.05, 0.1) is 36.3 Å². The Balaban J connectivity index is 1.31. The Morgan fingerprint density at radius 1 is 1.10 bits per heavy atom. The predicted octanol–water partition coefficient (Wildman–Crippen LogP) is 5.08. The zero-order valence-electron chi connectivity index (χ0n) is 23.3. The van der Waals surface area contributed by atoms with Crippen molar-refractivity contribution >= 4 is 46.3 Å². The molecule has 0 spiro atoms. The summed E-state index contributed by atoms with van der Waals surface area (Å²) in [4.78, 5) is 42.0. The van der Waals surface area contributed by atoms with Crippen LogP contribution in [0.4, 0.5) is 15.9 Å². The van der Waals surface area contributed by atoms with Gasteiger partial charge in [-0.3, -0.25) is 9.59 Å². The number of anilines is 2. The second-order valence-corrected chi connectivity index (χ2v) is 13.1. The first-order valence-corrected chi connectivity index (χ1v) is 14.4. The molecule has 0 bridgehead atoms. The Labute approximate surface area is 242 Å². The van der Waals surface area contributed by atoms with Gasteiger partial charge in [0.1, 0.15) is 11.6 Å². The molecule has 3 aromatic rings. The minimum atomic E-state index is -0.462. The van der Waals surface area contributed by atoms with Crippen molar-refractivity contribution in [2.75, 3.05) is 43.1 Å². The molecule has 4 heterocycles. The maximum Gasteiger partial charge on any atom is 0.310 e. The third-order valence-corrected chi connectivity index (χ3v) is 8.90. The summed E-state index contributed by atoms with van der Waals surface area (Å²) in [6.07, 6.45) is 1.88. The van der Waals surface area contributed by atoms with Crippen molar-refractivity contribution in [3.8, 4) is 0 Å². The number of ether oxygens (including phenoxy) is 1. The van der Waals surface area contributed by atoms with Gasteiger partial charge in [-0.1, -0.05) is 31.5 Å². The van der Waals surface area contributed by atoms with E-state index in [2.05, 4.69) is 42.5 Å². The van der Waals surface area contributed by atoms with Gasteiger partial charge in [-0.05, 0) is 43.7 Å². The lowest BCUT2D eigenvalue weighted by molar-refractivity contribution is -0.139. The molecule has 2 aliphatic rings. The lowest BCUT2D eigenvalue weighted by Gasteiger charge is -2.47. The number of hydrogen-bond donors (Lipinski definition) is 0. The highest BCUT2D eigenvalue weighted by Crippen LogP contribution is 2.39. The average Bonchev–Trinajstić information content (AvgIpc) is 3.35. The van der Waals surface area contributed by atoms with Crippen molar-refractivity contribution < 1.29 is 18.7 Å². The number of methoxy groups -OCH3 is 1. The highest BCUT2D eigenvalue weighted by molar-refractivity contribution is 7.13. The molecule has 11 heteroatoms. The lowest BCUT2D eigenvalue weighted by Crippen LogP contribution is -2.61. The van der Waals surface area contributed by atoms with Crippen LogP contribution in [-0.2, 0) is 27.9 Å². The van der Waals surface area contributed by atoms with E-state index >= 15 is 0 Å². The maximum atomic E-state index is 14.2. The quantitative estimate of drug-likeness (QED) is 0.386. The van der Waals surface area contributed by atoms with Crippen molar-refractivity contribution in [2.24, 2.45) is 0 Å². The van der Waals surface area contributed by atoms with E-state index in [1.165, 1.54) is 24.5 Å². The lowest BCUT2D eigenvalue weighted by atomic mass is 9.85. The fourth-order valence-corrected chi connectivity index (χ4v) is 6.84. The Hall–Kier alpha value is -3.24. The summed E-state index contributed by atoms with van der Waals surface area (Å²) in [5.74, 6) is -0.0254. The average molecular weight is 586 g/mol. The predicted molar refractivity (Wildman–Crippen MR) is 155 cm³/mol. The van der Waals surface area contributed by atoms with Crippen LogP contribution in [0, 0.1) is 5.82 Å². The smallest absolute Gasteiger partial charge is 0.310 e. The molecule has 8 nitrogen and oxygen atoms in total. The number of piperazine rings is 1. The number of thiazole rings is 1. The minimum absolute atomic E-state index is 0.0784. The van der Waals surface area contributed by atoms with E-state index in [9.17, 15) is 14.0 Å². The summed E-state index contributed by atoms with van der Waals surface area (Å²) < 4.78 is 18.9. The number of aromatic nitrogens is 2. The fraction of sp³-hybridized carbons (Fsp3) is 0.448. The number of halogens is 2. The number of esters is 1. The Kier molecular flexibility index (Phi) is 7.52. The van der Waals surface area contributed by atoms with Crippen molar-refractivity contribution in [2.45, 2.75) is 51.6 Å². The molecular weight excluding hydrogens is 553 g/mol. The minimum Gasteiger partial charge on any atom is -0.469 e. The summed E-state index contributed by atoms with van der Waals surface area (Å²) in [6.45, 7) is 11.3. The molecule has 0 saturated carbocycles. The summed E-state index contributed by atoms with van der Waals surface area (Å²) in [5, 5.41) is 0.578. The molecular formula is C29H33ClFN5O3S. The van der Waals surface area contributed by atoms with E-state index in [0.717, 1.165) is 27.6 Å². The largest absolute Gasteiger partial charge is 0.469 e. The number of rotatable bonds is 5. The van der Waals surface area contributed by atoms with Gasteiger partial charge < -0.3 is 19.4 Å². The number of benzene rings is 1. The van der Waals surface area contributed by atoms with Gasteiger partial charge in [0.2, 0.25) is 0 Å². The number of nitrogens with zero attached hydrogens (tertiary/aromatic N) is 5. The van der Waals surface area contributed by atoms with Crippen LogP contribution in [0.3, 0.4) is 0 Å². The monoisotopic (exact) mass is 585 g/mol. The molecule has 0 aliphatic carbocycles. The molecule has 40 heavy (non-hydrogen) atoms. The summed E-state index contributed by atoms with van der Waals surface area (Å²) in [6, 6.07) is 8.64. The van der Waals surface area contributed by atoms with Crippen LogP contribution in [0.5, 0.6) is 0 Å². The molecule has 0 atom stereocenters. The first-order valence-electron chi connectivity index (χ1n) is 13.2. The number of carbonyl (C=O) groups excluding carboxylic acids is 2. The zero-order chi connectivity index (χ0) is 28.8. The molecule has 0 unspecified atom stereocenters. The first kappa shape index (κ1) is 28.3. The normalized spacial score (nSPS) is 17.9. The first-order chi connectivity index (χ1) is 18.9. The van der Waals surface area contributed by atoms with Crippen LogP contribution in [-0.4, -0.2) is 65.6 Å². The second kappa shape index (κ2) is 10.6. The number of hydrogen-bond acceptors (Lipinski definition) is 8. The molecule has 0 N–H and O–H groups in total.